The molecular weight excluding hydrogens is 385 g/mol. The Bertz CT molecular complexity index is 404. The lowest BCUT2D eigenvalue weighted by Gasteiger charge is -2.08. The summed E-state index contributed by atoms with van der Waals surface area (Å²) >= 11 is 0. The standard InChI is InChI=1S/C14H23N3OS.HI/c1-3-15-14(16-4-2)17-10-11-19(18)12-13-8-6-5-7-9-13;/h5-9H,3-4,10-12H2,1-2H3,(H2,15,16,17);1H. The van der Waals surface area contributed by atoms with Gasteiger partial charge in [-0.15, -0.1) is 24.0 Å². The quantitative estimate of drug-likeness (QED) is 0.412. The number of halogens is 1. The highest BCUT2D eigenvalue weighted by atomic mass is 127. The van der Waals surface area contributed by atoms with E-state index in [1.165, 1.54) is 0 Å². The van der Waals surface area contributed by atoms with Crippen molar-refractivity contribution >= 4 is 40.7 Å². The lowest BCUT2D eigenvalue weighted by Crippen LogP contribution is -2.37. The third kappa shape index (κ3) is 8.52. The van der Waals surface area contributed by atoms with Gasteiger partial charge >= 0.3 is 0 Å². The van der Waals surface area contributed by atoms with E-state index in [-0.39, 0.29) is 24.0 Å². The fraction of sp³-hybridized carbons (Fsp3) is 0.500. The summed E-state index contributed by atoms with van der Waals surface area (Å²) in [5.41, 5.74) is 1.11. The maximum Gasteiger partial charge on any atom is 0.191 e. The van der Waals surface area contributed by atoms with Gasteiger partial charge in [-0.05, 0) is 19.4 Å². The summed E-state index contributed by atoms with van der Waals surface area (Å²) in [5, 5.41) is 6.29. The topological polar surface area (TPSA) is 53.5 Å². The van der Waals surface area contributed by atoms with Crippen LogP contribution in [0, 0.1) is 0 Å². The van der Waals surface area contributed by atoms with E-state index in [0.29, 0.717) is 18.1 Å². The van der Waals surface area contributed by atoms with Crippen LogP contribution in [0.3, 0.4) is 0 Å². The Hall–Kier alpha value is -0.630. The van der Waals surface area contributed by atoms with Crippen LogP contribution in [0.1, 0.15) is 19.4 Å². The number of aliphatic imine (C=N–C) groups is 1. The Balaban J connectivity index is 0.00000361. The molecule has 1 atom stereocenters. The van der Waals surface area contributed by atoms with Crippen molar-refractivity contribution in [3.8, 4) is 0 Å². The Morgan fingerprint density at radius 2 is 1.75 bits per heavy atom. The molecule has 1 aromatic rings. The first-order chi connectivity index (χ1) is 9.26. The first-order valence-electron chi connectivity index (χ1n) is 6.67. The van der Waals surface area contributed by atoms with E-state index in [9.17, 15) is 4.21 Å². The second kappa shape index (κ2) is 12.1. The molecule has 1 aromatic carbocycles. The SMILES string of the molecule is CCNC(=NCCS(=O)Cc1ccccc1)NCC.I. The van der Waals surface area contributed by atoms with E-state index in [4.69, 9.17) is 0 Å². The molecular formula is C14H24IN3OS. The molecule has 0 saturated carbocycles. The lowest BCUT2D eigenvalue weighted by atomic mass is 10.2. The van der Waals surface area contributed by atoms with Crippen molar-refractivity contribution in [1.82, 2.24) is 10.6 Å². The van der Waals surface area contributed by atoms with E-state index >= 15 is 0 Å². The number of guanidine groups is 1. The first kappa shape index (κ1) is 19.4. The minimum Gasteiger partial charge on any atom is -0.357 e. The Morgan fingerprint density at radius 3 is 2.30 bits per heavy atom. The second-order valence-electron chi connectivity index (χ2n) is 4.06. The number of benzene rings is 1. The highest BCUT2D eigenvalue weighted by Gasteiger charge is 2.01. The van der Waals surface area contributed by atoms with Crippen molar-refractivity contribution in [3.63, 3.8) is 0 Å². The number of hydrogen-bond donors (Lipinski definition) is 2. The molecule has 0 aliphatic carbocycles. The molecule has 0 aromatic heterocycles. The molecule has 20 heavy (non-hydrogen) atoms. The van der Waals surface area contributed by atoms with Gasteiger partial charge in [-0.25, -0.2) is 0 Å². The molecule has 4 nitrogen and oxygen atoms in total. The average molecular weight is 409 g/mol. The fourth-order valence-corrected chi connectivity index (χ4v) is 2.60. The zero-order valence-electron chi connectivity index (χ0n) is 12.1. The normalized spacial score (nSPS) is 11.1. The highest BCUT2D eigenvalue weighted by molar-refractivity contribution is 14.0. The van der Waals surface area contributed by atoms with Crippen LogP contribution in [0.25, 0.3) is 0 Å². The van der Waals surface area contributed by atoms with Crippen molar-refractivity contribution in [2.75, 3.05) is 25.4 Å². The minimum absolute atomic E-state index is 0. The number of hydrogen-bond acceptors (Lipinski definition) is 2. The monoisotopic (exact) mass is 409 g/mol. The molecule has 0 bridgehead atoms. The predicted molar refractivity (Wildman–Crippen MR) is 98.2 cm³/mol. The summed E-state index contributed by atoms with van der Waals surface area (Å²) in [6.07, 6.45) is 0. The highest BCUT2D eigenvalue weighted by Crippen LogP contribution is 2.02. The van der Waals surface area contributed by atoms with Crippen LogP contribution < -0.4 is 10.6 Å². The van der Waals surface area contributed by atoms with Gasteiger partial charge in [0, 0.05) is 35.4 Å². The molecule has 6 heteroatoms. The van der Waals surface area contributed by atoms with Gasteiger partial charge in [-0.2, -0.15) is 0 Å². The molecule has 0 aliphatic heterocycles. The van der Waals surface area contributed by atoms with Crippen LogP contribution in [-0.4, -0.2) is 35.6 Å². The molecule has 0 aliphatic rings. The summed E-state index contributed by atoms with van der Waals surface area (Å²) in [4.78, 5) is 4.39. The predicted octanol–water partition coefficient (Wildman–Crippen LogP) is 2.13. The maximum atomic E-state index is 11.9. The summed E-state index contributed by atoms with van der Waals surface area (Å²) < 4.78 is 11.9. The van der Waals surface area contributed by atoms with Gasteiger partial charge in [0.2, 0.25) is 0 Å². The molecule has 1 unspecified atom stereocenters. The van der Waals surface area contributed by atoms with E-state index in [1.807, 2.05) is 44.2 Å². The molecule has 114 valence electrons. The zero-order valence-corrected chi connectivity index (χ0v) is 15.2. The lowest BCUT2D eigenvalue weighted by molar-refractivity contribution is 0.682. The Morgan fingerprint density at radius 1 is 1.15 bits per heavy atom. The molecule has 0 amide bonds. The molecule has 0 heterocycles. The van der Waals surface area contributed by atoms with Crippen LogP contribution in [-0.2, 0) is 16.6 Å². The van der Waals surface area contributed by atoms with Gasteiger partial charge in [0.1, 0.15) is 0 Å². The molecule has 0 spiro atoms. The van der Waals surface area contributed by atoms with Crippen molar-refractivity contribution < 1.29 is 4.21 Å². The largest absolute Gasteiger partial charge is 0.357 e. The third-order valence-corrected chi connectivity index (χ3v) is 3.74. The van der Waals surface area contributed by atoms with Crippen LogP contribution in [0.4, 0.5) is 0 Å². The minimum atomic E-state index is -0.858. The van der Waals surface area contributed by atoms with Crippen molar-refractivity contribution in [2.45, 2.75) is 19.6 Å². The van der Waals surface area contributed by atoms with Crippen molar-refractivity contribution in [2.24, 2.45) is 4.99 Å². The van der Waals surface area contributed by atoms with Gasteiger partial charge in [-0.3, -0.25) is 9.20 Å². The van der Waals surface area contributed by atoms with E-state index in [1.54, 1.807) is 0 Å². The van der Waals surface area contributed by atoms with Crippen LogP contribution in [0.15, 0.2) is 35.3 Å². The first-order valence-corrected chi connectivity index (χ1v) is 8.16. The van der Waals surface area contributed by atoms with Gasteiger partial charge in [-0.1, -0.05) is 30.3 Å². The van der Waals surface area contributed by atoms with Gasteiger partial charge in [0.05, 0.1) is 6.54 Å². The Labute approximate surface area is 141 Å². The summed E-state index contributed by atoms with van der Waals surface area (Å²) in [6.45, 7) is 6.30. The maximum absolute atomic E-state index is 11.9. The van der Waals surface area contributed by atoms with E-state index in [2.05, 4.69) is 15.6 Å². The van der Waals surface area contributed by atoms with E-state index < -0.39 is 10.8 Å². The number of rotatable bonds is 7. The summed E-state index contributed by atoms with van der Waals surface area (Å²) in [7, 11) is -0.858. The van der Waals surface area contributed by atoms with Crippen molar-refractivity contribution in [1.29, 1.82) is 0 Å². The number of nitrogens with one attached hydrogen (secondary N) is 2. The third-order valence-electron chi connectivity index (χ3n) is 2.45. The molecule has 1 rings (SSSR count). The van der Waals surface area contributed by atoms with Crippen LogP contribution in [0.5, 0.6) is 0 Å². The molecule has 2 N–H and O–H groups in total. The average Bonchev–Trinajstić information content (AvgIpc) is 2.40. The summed E-state index contributed by atoms with van der Waals surface area (Å²) in [6, 6.07) is 9.92. The van der Waals surface area contributed by atoms with Gasteiger partial charge in [0.25, 0.3) is 0 Å². The van der Waals surface area contributed by atoms with Gasteiger partial charge < -0.3 is 10.6 Å². The van der Waals surface area contributed by atoms with Gasteiger partial charge in [0.15, 0.2) is 5.96 Å². The van der Waals surface area contributed by atoms with Crippen LogP contribution >= 0.6 is 24.0 Å². The van der Waals surface area contributed by atoms with Crippen molar-refractivity contribution in [3.05, 3.63) is 35.9 Å². The smallest absolute Gasteiger partial charge is 0.191 e. The van der Waals surface area contributed by atoms with E-state index in [0.717, 1.165) is 24.6 Å². The molecule has 0 radical (unpaired) electrons. The zero-order chi connectivity index (χ0) is 13.9. The summed E-state index contributed by atoms with van der Waals surface area (Å²) in [5.74, 6) is 1.99. The second-order valence-corrected chi connectivity index (χ2v) is 5.64. The Kier molecular flexibility index (Phi) is 11.8. The fourth-order valence-electron chi connectivity index (χ4n) is 1.60. The molecule has 0 saturated heterocycles. The van der Waals surface area contributed by atoms with Crippen LogP contribution in [0.2, 0.25) is 0 Å². The number of nitrogens with zero attached hydrogens (tertiary/aromatic N) is 1. The molecule has 0 fully saturated rings.